The number of hydrogen-bond acceptors (Lipinski definition) is 0. The molecule has 0 aliphatic heterocycles. The fourth-order valence-corrected chi connectivity index (χ4v) is 1.24. The Kier molecular flexibility index (Phi) is 4.52. The van der Waals surface area contributed by atoms with Crippen LogP contribution in [0.5, 0.6) is 0 Å². The number of alkyl halides is 3. The summed E-state index contributed by atoms with van der Waals surface area (Å²) >= 11 is 0. The average Bonchev–Trinajstić information content (AvgIpc) is 2.19. The molecular weight excluding hydrogens is 220 g/mol. The van der Waals surface area contributed by atoms with Crippen LogP contribution in [0.4, 0.5) is 17.6 Å². The zero-order valence-corrected chi connectivity index (χ0v) is 8.60. The van der Waals surface area contributed by atoms with Gasteiger partial charge in [0.25, 0.3) is 0 Å². The Hall–Kier alpha value is -1.32. The summed E-state index contributed by atoms with van der Waals surface area (Å²) in [6.45, 7) is 0. The lowest BCUT2D eigenvalue weighted by molar-refractivity contribution is -0.125. The third-order valence-corrected chi connectivity index (χ3v) is 2.03. The Morgan fingerprint density at radius 2 is 1.62 bits per heavy atom. The van der Waals surface area contributed by atoms with Gasteiger partial charge in [-0.3, -0.25) is 0 Å². The van der Waals surface area contributed by atoms with Crippen molar-refractivity contribution in [1.82, 2.24) is 0 Å². The molecule has 0 nitrogen and oxygen atoms in total. The van der Waals surface area contributed by atoms with Gasteiger partial charge in [-0.1, -0.05) is 24.3 Å². The molecule has 1 rings (SSSR count). The first-order chi connectivity index (χ1) is 7.47. The minimum Gasteiger partial charge on any atom is -0.207 e. The van der Waals surface area contributed by atoms with Crippen molar-refractivity contribution >= 4 is 0 Å². The van der Waals surface area contributed by atoms with Crippen LogP contribution >= 0.6 is 0 Å². The fourth-order valence-electron chi connectivity index (χ4n) is 1.24. The number of allylic oxidation sites excluding steroid dienone is 2. The lowest BCUT2D eigenvalue weighted by atomic mass is 10.1. The van der Waals surface area contributed by atoms with Crippen LogP contribution in [0.3, 0.4) is 0 Å². The smallest absolute Gasteiger partial charge is 0.207 e. The van der Waals surface area contributed by atoms with Crippen molar-refractivity contribution in [2.24, 2.45) is 0 Å². The van der Waals surface area contributed by atoms with E-state index in [4.69, 9.17) is 0 Å². The lowest BCUT2D eigenvalue weighted by Crippen LogP contribution is -2.03. The van der Waals surface area contributed by atoms with Crippen molar-refractivity contribution in [2.75, 3.05) is 0 Å². The van der Waals surface area contributed by atoms with Crippen LogP contribution in [-0.2, 0) is 6.42 Å². The fraction of sp³-hybridized carbons (Fsp3) is 0.333. The van der Waals surface area contributed by atoms with Crippen LogP contribution in [0, 0.1) is 5.82 Å². The van der Waals surface area contributed by atoms with E-state index >= 15 is 0 Å². The van der Waals surface area contributed by atoms with E-state index in [-0.39, 0.29) is 5.82 Å². The maximum absolute atomic E-state index is 12.5. The van der Waals surface area contributed by atoms with Crippen molar-refractivity contribution in [3.05, 3.63) is 47.8 Å². The number of hydrogen-bond donors (Lipinski definition) is 0. The standard InChI is InChI=1S/C12H12F4/c13-11-7-5-10(6-8-11)4-2-1-3-9-12(14,15)16/h1,3,5-8H,2,4,9H2/b3-1+. The number of aryl methyl sites for hydroxylation is 1. The highest BCUT2D eigenvalue weighted by Gasteiger charge is 2.24. The van der Waals surface area contributed by atoms with E-state index in [0.717, 1.165) is 11.6 Å². The summed E-state index contributed by atoms with van der Waals surface area (Å²) in [7, 11) is 0. The molecule has 0 aliphatic rings. The maximum Gasteiger partial charge on any atom is 0.392 e. The Morgan fingerprint density at radius 3 is 2.19 bits per heavy atom. The van der Waals surface area contributed by atoms with E-state index in [2.05, 4.69) is 0 Å². The SMILES string of the molecule is Fc1ccc(CC/C=C/CC(F)(F)F)cc1. The first kappa shape index (κ1) is 12.7. The minimum atomic E-state index is -4.13. The second-order valence-corrected chi connectivity index (χ2v) is 3.46. The molecule has 0 aromatic heterocycles. The zero-order chi connectivity index (χ0) is 12.0. The number of rotatable bonds is 4. The molecule has 1 aromatic carbocycles. The Balaban J connectivity index is 2.28. The quantitative estimate of drug-likeness (QED) is 0.537. The van der Waals surface area contributed by atoms with Gasteiger partial charge in [0.15, 0.2) is 0 Å². The highest BCUT2D eigenvalue weighted by atomic mass is 19.4. The van der Waals surface area contributed by atoms with Gasteiger partial charge in [-0.15, -0.1) is 0 Å². The summed E-state index contributed by atoms with van der Waals surface area (Å²) in [6.07, 6.45) is -1.26. The first-order valence-corrected chi connectivity index (χ1v) is 4.93. The van der Waals surface area contributed by atoms with Crippen molar-refractivity contribution in [2.45, 2.75) is 25.4 Å². The highest BCUT2D eigenvalue weighted by Crippen LogP contribution is 2.19. The van der Waals surface area contributed by atoms with Gasteiger partial charge in [0.05, 0.1) is 6.42 Å². The molecule has 16 heavy (non-hydrogen) atoms. The summed E-state index contributed by atoms with van der Waals surface area (Å²) in [4.78, 5) is 0. The van der Waals surface area contributed by atoms with Crippen LogP contribution in [-0.4, -0.2) is 6.18 Å². The van der Waals surface area contributed by atoms with Gasteiger partial charge in [-0.2, -0.15) is 13.2 Å². The molecule has 0 amide bonds. The van der Waals surface area contributed by atoms with Gasteiger partial charge >= 0.3 is 6.18 Å². The largest absolute Gasteiger partial charge is 0.392 e. The predicted octanol–water partition coefficient (Wildman–Crippen LogP) is 4.27. The molecular formula is C12H12F4. The number of halogens is 4. The first-order valence-electron chi connectivity index (χ1n) is 4.93. The van der Waals surface area contributed by atoms with Gasteiger partial charge in [0, 0.05) is 0 Å². The van der Waals surface area contributed by atoms with Gasteiger partial charge in [0.1, 0.15) is 5.82 Å². The van der Waals surface area contributed by atoms with Gasteiger partial charge in [0.2, 0.25) is 0 Å². The third-order valence-electron chi connectivity index (χ3n) is 2.03. The molecule has 0 atom stereocenters. The van der Waals surface area contributed by atoms with Crippen LogP contribution in [0.1, 0.15) is 18.4 Å². The summed E-state index contributed by atoms with van der Waals surface area (Å²) < 4.78 is 47.8. The molecule has 0 fully saturated rings. The second-order valence-electron chi connectivity index (χ2n) is 3.46. The molecule has 0 unspecified atom stereocenters. The third kappa shape index (κ3) is 5.53. The van der Waals surface area contributed by atoms with Gasteiger partial charge < -0.3 is 0 Å². The Labute approximate surface area is 91.6 Å². The summed E-state index contributed by atoms with van der Waals surface area (Å²) in [5.74, 6) is -0.309. The van der Waals surface area contributed by atoms with Gasteiger partial charge in [-0.05, 0) is 30.5 Å². The number of benzene rings is 1. The molecule has 4 heteroatoms. The Morgan fingerprint density at radius 1 is 1.00 bits per heavy atom. The van der Waals surface area contributed by atoms with E-state index in [0.29, 0.717) is 12.8 Å². The van der Waals surface area contributed by atoms with E-state index in [9.17, 15) is 17.6 Å². The van der Waals surface area contributed by atoms with Crippen molar-refractivity contribution in [1.29, 1.82) is 0 Å². The van der Waals surface area contributed by atoms with Gasteiger partial charge in [-0.25, -0.2) is 4.39 Å². The predicted molar refractivity (Wildman–Crippen MR) is 54.5 cm³/mol. The van der Waals surface area contributed by atoms with E-state index in [1.165, 1.54) is 18.2 Å². The van der Waals surface area contributed by atoms with E-state index in [1.54, 1.807) is 12.1 Å². The maximum atomic E-state index is 12.5. The summed E-state index contributed by atoms with van der Waals surface area (Å²) in [5, 5.41) is 0. The molecule has 0 bridgehead atoms. The van der Waals surface area contributed by atoms with Crippen LogP contribution in [0.2, 0.25) is 0 Å². The molecule has 0 spiro atoms. The van der Waals surface area contributed by atoms with E-state index < -0.39 is 12.6 Å². The summed E-state index contributed by atoms with van der Waals surface area (Å²) in [5.41, 5.74) is 0.915. The van der Waals surface area contributed by atoms with Crippen molar-refractivity contribution < 1.29 is 17.6 Å². The van der Waals surface area contributed by atoms with Crippen molar-refractivity contribution in [3.63, 3.8) is 0 Å². The lowest BCUT2D eigenvalue weighted by Gasteiger charge is -2.00. The van der Waals surface area contributed by atoms with Crippen LogP contribution in [0.15, 0.2) is 36.4 Å². The average molecular weight is 232 g/mol. The molecule has 0 aliphatic carbocycles. The molecule has 0 saturated heterocycles. The molecule has 88 valence electrons. The van der Waals surface area contributed by atoms with Crippen molar-refractivity contribution in [3.8, 4) is 0 Å². The molecule has 0 heterocycles. The highest BCUT2D eigenvalue weighted by molar-refractivity contribution is 5.16. The molecule has 0 radical (unpaired) electrons. The molecule has 0 N–H and O–H groups in total. The zero-order valence-electron chi connectivity index (χ0n) is 8.60. The minimum absolute atomic E-state index is 0.309. The normalized spacial score (nSPS) is 12.2. The second kappa shape index (κ2) is 5.68. The molecule has 0 saturated carbocycles. The molecule has 1 aromatic rings. The monoisotopic (exact) mass is 232 g/mol. The Bertz CT molecular complexity index is 335. The summed E-state index contributed by atoms with van der Waals surface area (Å²) in [6, 6.07) is 5.95. The van der Waals surface area contributed by atoms with Crippen LogP contribution in [0.25, 0.3) is 0 Å². The topological polar surface area (TPSA) is 0 Å². The van der Waals surface area contributed by atoms with E-state index in [1.807, 2.05) is 0 Å². The van der Waals surface area contributed by atoms with Crippen LogP contribution < -0.4 is 0 Å².